The number of nitrogens with one attached hydrogen (secondary N) is 1. The summed E-state index contributed by atoms with van der Waals surface area (Å²) >= 11 is 13.0. The van der Waals surface area contributed by atoms with E-state index in [1.54, 1.807) is 30.1 Å². The Bertz CT molecular complexity index is 1460. The number of hydrogen-bond donors (Lipinski definition) is 2. The van der Waals surface area contributed by atoms with Crippen molar-refractivity contribution in [1.82, 2.24) is 25.2 Å². The number of halogens is 2. The Kier molecular flexibility index (Phi) is 5.16. The van der Waals surface area contributed by atoms with Gasteiger partial charge in [-0.25, -0.2) is 9.67 Å². The number of amides is 1. The lowest BCUT2D eigenvalue weighted by molar-refractivity contribution is 0.0932. The summed E-state index contributed by atoms with van der Waals surface area (Å²) in [4.78, 5) is 19.8. The molecular weight excluding hydrogens is 489 g/mol. The second kappa shape index (κ2) is 8.13. The molecular formula is C24H23Cl2N7O2. The van der Waals surface area contributed by atoms with Gasteiger partial charge in [0.1, 0.15) is 12.2 Å². The number of rotatable bonds is 4. The summed E-state index contributed by atoms with van der Waals surface area (Å²) in [6.45, 7) is 4.62. The number of nitrogen functional groups attached to an aromatic ring is 1. The van der Waals surface area contributed by atoms with E-state index in [1.807, 2.05) is 13.0 Å². The number of aromatic nitrogens is 4. The van der Waals surface area contributed by atoms with E-state index in [9.17, 15) is 4.79 Å². The lowest BCUT2D eigenvalue weighted by Gasteiger charge is -2.29. The Morgan fingerprint density at radius 2 is 1.94 bits per heavy atom. The summed E-state index contributed by atoms with van der Waals surface area (Å²) in [5.41, 5.74) is 9.61. The van der Waals surface area contributed by atoms with Gasteiger partial charge in [-0.05, 0) is 62.4 Å². The fourth-order valence-corrected chi connectivity index (χ4v) is 6.14. The van der Waals surface area contributed by atoms with Crippen molar-refractivity contribution < 1.29 is 9.32 Å². The first kappa shape index (κ1) is 22.2. The van der Waals surface area contributed by atoms with E-state index >= 15 is 0 Å². The first-order valence-electron chi connectivity index (χ1n) is 11.4. The van der Waals surface area contributed by atoms with Crippen LogP contribution in [0.5, 0.6) is 0 Å². The number of nitrogens with two attached hydrogens (primary N) is 1. The molecule has 0 spiro atoms. The van der Waals surface area contributed by atoms with Crippen molar-refractivity contribution in [2.24, 2.45) is 5.92 Å². The number of nitrogens with zero attached hydrogens (tertiary/aromatic N) is 5. The second-order valence-corrected chi connectivity index (χ2v) is 10.1. The highest BCUT2D eigenvalue weighted by Crippen LogP contribution is 2.44. The molecule has 4 aromatic rings. The first-order valence-corrected chi connectivity index (χ1v) is 12.2. The van der Waals surface area contributed by atoms with E-state index in [2.05, 4.69) is 31.5 Å². The summed E-state index contributed by atoms with van der Waals surface area (Å²) in [6, 6.07) is 7.49. The molecule has 0 unspecified atom stereocenters. The van der Waals surface area contributed by atoms with Gasteiger partial charge in [0.25, 0.3) is 5.91 Å². The Balaban J connectivity index is 1.27. The molecule has 1 aliphatic carbocycles. The zero-order chi connectivity index (χ0) is 24.4. The van der Waals surface area contributed by atoms with Crippen molar-refractivity contribution >= 4 is 51.6 Å². The number of piperidine rings is 1. The number of carbonyl (C=O) groups is 1. The Hall–Kier alpha value is -3.30. The topological polar surface area (TPSA) is 115 Å². The van der Waals surface area contributed by atoms with Crippen molar-refractivity contribution in [2.45, 2.75) is 38.8 Å². The SMILES string of the molecule is Cc1cc(N2C[C@@H]3CC[C@H]2[C@@H]3NC(=O)c2c(Cl)cc(-n3cnc(C)n3)cc2Cl)c2onc(N)c2c1. The van der Waals surface area contributed by atoms with Gasteiger partial charge in [-0.3, -0.25) is 4.79 Å². The van der Waals surface area contributed by atoms with Gasteiger partial charge in [-0.1, -0.05) is 28.4 Å². The largest absolute Gasteiger partial charge is 0.380 e. The van der Waals surface area contributed by atoms with Gasteiger partial charge in [0, 0.05) is 12.6 Å². The predicted molar refractivity (Wildman–Crippen MR) is 134 cm³/mol. The van der Waals surface area contributed by atoms with Gasteiger partial charge in [0.15, 0.2) is 11.4 Å². The highest BCUT2D eigenvalue weighted by Gasteiger charge is 2.48. The average molecular weight is 512 g/mol. The zero-order valence-corrected chi connectivity index (χ0v) is 20.6. The van der Waals surface area contributed by atoms with Crippen LogP contribution in [0.25, 0.3) is 16.7 Å². The van der Waals surface area contributed by atoms with E-state index in [1.165, 1.54) is 0 Å². The summed E-state index contributed by atoms with van der Waals surface area (Å²) in [6.07, 6.45) is 3.57. The average Bonchev–Trinajstić information content (AvgIpc) is 3.58. The molecule has 2 bridgehead atoms. The zero-order valence-electron chi connectivity index (χ0n) is 19.1. The Morgan fingerprint density at radius 1 is 1.17 bits per heavy atom. The lowest BCUT2D eigenvalue weighted by atomic mass is 10.1. The van der Waals surface area contributed by atoms with Crippen molar-refractivity contribution in [3.05, 3.63) is 57.6 Å². The molecule has 2 fully saturated rings. The minimum absolute atomic E-state index is 0.0388. The maximum absolute atomic E-state index is 13.3. The smallest absolute Gasteiger partial charge is 0.254 e. The fraction of sp³-hybridized carbons (Fsp3) is 0.333. The molecule has 9 nitrogen and oxygen atoms in total. The van der Waals surface area contributed by atoms with Crippen molar-refractivity contribution in [2.75, 3.05) is 17.2 Å². The fourth-order valence-electron chi connectivity index (χ4n) is 5.49. The maximum Gasteiger partial charge on any atom is 0.254 e. The van der Waals surface area contributed by atoms with Crippen LogP contribution in [0.4, 0.5) is 11.5 Å². The van der Waals surface area contributed by atoms with E-state index in [0.29, 0.717) is 28.8 Å². The van der Waals surface area contributed by atoms with Crippen LogP contribution in [-0.2, 0) is 0 Å². The van der Waals surface area contributed by atoms with Gasteiger partial charge >= 0.3 is 0 Å². The molecule has 180 valence electrons. The van der Waals surface area contributed by atoms with Gasteiger partial charge in [-0.2, -0.15) is 5.10 Å². The van der Waals surface area contributed by atoms with Crippen LogP contribution < -0.4 is 16.0 Å². The molecule has 35 heavy (non-hydrogen) atoms. The molecule has 0 radical (unpaired) electrons. The molecule has 1 saturated heterocycles. The summed E-state index contributed by atoms with van der Waals surface area (Å²) in [5, 5.41) is 12.8. The van der Waals surface area contributed by atoms with E-state index in [0.717, 1.165) is 36.0 Å². The Morgan fingerprint density at radius 3 is 2.66 bits per heavy atom. The van der Waals surface area contributed by atoms with Crippen molar-refractivity contribution in [3.63, 3.8) is 0 Å². The van der Waals surface area contributed by atoms with Crippen LogP contribution in [-0.4, -0.2) is 44.5 Å². The quantitative estimate of drug-likeness (QED) is 0.419. The van der Waals surface area contributed by atoms with Crippen molar-refractivity contribution in [3.8, 4) is 5.69 Å². The van der Waals surface area contributed by atoms with Gasteiger partial charge in [-0.15, -0.1) is 0 Å². The Labute approximate surface area is 211 Å². The van der Waals surface area contributed by atoms with Crippen LogP contribution >= 0.6 is 23.2 Å². The highest BCUT2D eigenvalue weighted by molar-refractivity contribution is 6.40. The third-order valence-corrected chi connectivity index (χ3v) is 7.64. The van der Waals surface area contributed by atoms with Crippen LogP contribution in [0.15, 0.2) is 35.1 Å². The van der Waals surface area contributed by atoms with E-state index in [4.69, 9.17) is 33.5 Å². The minimum Gasteiger partial charge on any atom is -0.380 e. The standard InChI is InChI=1S/C24H23Cl2N7O2/c1-11-5-15-22(35-31-23(15)27)19(6-11)32-9-13-3-4-18(32)21(13)29-24(34)20-16(25)7-14(8-17(20)26)33-10-28-12(2)30-33/h5-8,10,13,18,21H,3-4,9H2,1-2H3,(H2,27,31)(H,29,34)/t13-,18-,21+/m0/s1. The molecule has 1 saturated carbocycles. The minimum atomic E-state index is -0.289. The molecule has 3 atom stereocenters. The highest BCUT2D eigenvalue weighted by atomic mass is 35.5. The van der Waals surface area contributed by atoms with E-state index < -0.39 is 0 Å². The number of hydrogen-bond acceptors (Lipinski definition) is 7. The second-order valence-electron chi connectivity index (χ2n) is 9.31. The van der Waals surface area contributed by atoms with Crippen LogP contribution in [0.2, 0.25) is 10.0 Å². The van der Waals surface area contributed by atoms with Gasteiger partial charge in [0.05, 0.1) is 38.4 Å². The normalized spacial score (nSPS) is 21.3. The molecule has 11 heteroatoms. The molecule has 2 aromatic heterocycles. The number of benzene rings is 2. The van der Waals surface area contributed by atoms with Crippen molar-refractivity contribution in [1.29, 1.82) is 0 Å². The monoisotopic (exact) mass is 511 g/mol. The maximum atomic E-state index is 13.3. The van der Waals surface area contributed by atoms with Gasteiger partial charge < -0.3 is 20.5 Å². The number of anilines is 2. The number of fused-ring (bicyclic) bond motifs is 3. The third kappa shape index (κ3) is 3.61. The summed E-state index contributed by atoms with van der Waals surface area (Å²) < 4.78 is 7.14. The molecule has 3 heterocycles. The molecule has 1 amide bonds. The third-order valence-electron chi connectivity index (χ3n) is 7.04. The predicted octanol–water partition coefficient (Wildman–Crippen LogP) is 4.31. The number of aryl methyl sites for hydroxylation is 2. The van der Waals surface area contributed by atoms with Gasteiger partial charge in [0.2, 0.25) is 0 Å². The molecule has 1 aliphatic heterocycles. The molecule has 6 rings (SSSR count). The van der Waals surface area contributed by atoms with Crippen LogP contribution in [0.1, 0.15) is 34.6 Å². The first-order chi connectivity index (χ1) is 16.8. The molecule has 2 aliphatic rings. The summed E-state index contributed by atoms with van der Waals surface area (Å²) in [7, 11) is 0. The molecule has 3 N–H and O–H groups in total. The number of carbonyl (C=O) groups excluding carboxylic acids is 1. The lowest BCUT2D eigenvalue weighted by Crippen LogP contribution is -2.44. The van der Waals surface area contributed by atoms with Crippen LogP contribution in [0, 0.1) is 19.8 Å². The summed E-state index contributed by atoms with van der Waals surface area (Å²) in [5.74, 6) is 1.02. The van der Waals surface area contributed by atoms with E-state index in [-0.39, 0.29) is 33.6 Å². The molecule has 2 aromatic carbocycles. The van der Waals surface area contributed by atoms with Crippen LogP contribution in [0.3, 0.4) is 0 Å².